The molecule has 22 heavy (non-hydrogen) atoms. The SMILES string of the molecule is CCn1c(N/N=C(/C)c2cccs2)nc2ccccc2c1=O. The first-order valence-corrected chi connectivity index (χ1v) is 7.92. The van der Waals surface area contributed by atoms with Gasteiger partial charge in [0.25, 0.3) is 5.56 Å². The van der Waals surface area contributed by atoms with Gasteiger partial charge in [0, 0.05) is 11.4 Å². The maximum absolute atomic E-state index is 12.5. The van der Waals surface area contributed by atoms with E-state index in [2.05, 4.69) is 15.5 Å². The van der Waals surface area contributed by atoms with Gasteiger partial charge in [-0.15, -0.1) is 11.3 Å². The van der Waals surface area contributed by atoms with Crippen LogP contribution in [0.3, 0.4) is 0 Å². The Balaban J connectivity index is 2.03. The minimum absolute atomic E-state index is 0.0559. The minimum atomic E-state index is -0.0559. The predicted molar refractivity (Wildman–Crippen MR) is 91.8 cm³/mol. The summed E-state index contributed by atoms with van der Waals surface area (Å²) >= 11 is 1.62. The molecule has 0 saturated heterocycles. The summed E-state index contributed by atoms with van der Waals surface area (Å²) in [6.45, 7) is 4.37. The molecule has 3 rings (SSSR count). The molecule has 0 saturated carbocycles. The number of benzene rings is 1. The third-order valence-corrected chi connectivity index (χ3v) is 4.36. The monoisotopic (exact) mass is 312 g/mol. The highest BCUT2D eigenvalue weighted by molar-refractivity contribution is 7.12. The van der Waals surface area contributed by atoms with Crippen molar-refractivity contribution in [1.82, 2.24) is 9.55 Å². The highest BCUT2D eigenvalue weighted by Crippen LogP contribution is 2.13. The second-order valence-corrected chi connectivity index (χ2v) is 5.74. The number of nitrogens with zero attached hydrogens (tertiary/aromatic N) is 3. The van der Waals surface area contributed by atoms with Crippen LogP contribution in [-0.2, 0) is 6.54 Å². The van der Waals surface area contributed by atoms with E-state index in [0.29, 0.717) is 23.4 Å². The molecule has 1 N–H and O–H groups in total. The van der Waals surface area contributed by atoms with Crippen molar-refractivity contribution in [1.29, 1.82) is 0 Å². The zero-order valence-electron chi connectivity index (χ0n) is 12.4. The average molecular weight is 312 g/mol. The van der Waals surface area contributed by atoms with E-state index in [0.717, 1.165) is 10.6 Å². The molecule has 112 valence electrons. The number of rotatable bonds is 4. The van der Waals surface area contributed by atoms with E-state index in [9.17, 15) is 4.79 Å². The molecule has 1 aromatic carbocycles. The van der Waals surface area contributed by atoms with E-state index < -0.39 is 0 Å². The van der Waals surface area contributed by atoms with Crippen LogP contribution in [0.15, 0.2) is 51.7 Å². The molecule has 5 nitrogen and oxygen atoms in total. The fourth-order valence-corrected chi connectivity index (χ4v) is 2.90. The van der Waals surface area contributed by atoms with E-state index in [1.54, 1.807) is 22.0 Å². The fourth-order valence-electron chi connectivity index (χ4n) is 2.22. The second kappa shape index (κ2) is 6.11. The summed E-state index contributed by atoms with van der Waals surface area (Å²) in [6, 6.07) is 11.3. The highest BCUT2D eigenvalue weighted by atomic mass is 32.1. The smallest absolute Gasteiger partial charge is 0.262 e. The average Bonchev–Trinajstić information content (AvgIpc) is 3.07. The van der Waals surface area contributed by atoms with Crippen LogP contribution in [0.4, 0.5) is 5.95 Å². The number of hydrogen-bond acceptors (Lipinski definition) is 5. The normalized spacial score (nSPS) is 11.8. The van der Waals surface area contributed by atoms with E-state index >= 15 is 0 Å². The van der Waals surface area contributed by atoms with Crippen LogP contribution >= 0.6 is 11.3 Å². The van der Waals surface area contributed by atoms with Crippen molar-refractivity contribution in [3.05, 3.63) is 57.0 Å². The van der Waals surface area contributed by atoms with Gasteiger partial charge < -0.3 is 0 Å². The highest BCUT2D eigenvalue weighted by Gasteiger charge is 2.09. The molecule has 2 aromatic heterocycles. The van der Waals surface area contributed by atoms with Gasteiger partial charge in [-0.1, -0.05) is 18.2 Å². The Labute approximate surface area is 131 Å². The lowest BCUT2D eigenvalue weighted by atomic mass is 10.2. The largest absolute Gasteiger partial charge is 0.277 e. The molecule has 0 radical (unpaired) electrons. The Morgan fingerprint density at radius 3 is 2.86 bits per heavy atom. The van der Waals surface area contributed by atoms with Crippen LogP contribution in [0, 0.1) is 0 Å². The zero-order chi connectivity index (χ0) is 15.5. The van der Waals surface area contributed by atoms with Gasteiger partial charge in [-0.3, -0.25) is 9.36 Å². The number of para-hydroxylation sites is 1. The molecule has 0 aliphatic rings. The third-order valence-electron chi connectivity index (χ3n) is 3.38. The molecule has 0 amide bonds. The molecular weight excluding hydrogens is 296 g/mol. The van der Waals surface area contributed by atoms with Crippen molar-refractivity contribution in [3.63, 3.8) is 0 Å². The molecule has 0 unspecified atom stereocenters. The Morgan fingerprint density at radius 1 is 1.32 bits per heavy atom. The maximum atomic E-state index is 12.5. The summed E-state index contributed by atoms with van der Waals surface area (Å²) in [5.74, 6) is 0.460. The fraction of sp³-hybridized carbons (Fsp3) is 0.188. The summed E-state index contributed by atoms with van der Waals surface area (Å²) < 4.78 is 1.59. The van der Waals surface area contributed by atoms with Crippen LogP contribution in [0.25, 0.3) is 10.9 Å². The van der Waals surface area contributed by atoms with Gasteiger partial charge >= 0.3 is 0 Å². The van der Waals surface area contributed by atoms with Crippen molar-refractivity contribution in [2.24, 2.45) is 5.10 Å². The number of anilines is 1. The zero-order valence-corrected chi connectivity index (χ0v) is 13.2. The van der Waals surface area contributed by atoms with Crippen molar-refractivity contribution in [3.8, 4) is 0 Å². The van der Waals surface area contributed by atoms with Crippen LogP contribution in [0.5, 0.6) is 0 Å². The van der Waals surface area contributed by atoms with Crippen LogP contribution in [0.2, 0.25) is 0 Å². The Bertz CT molecular complexity index is 881. The predicted octanol–water partition coefficient (Wildman–Crippen LogP) is 3.31. The summed E-state index contributed by atoms with van der Waals surface area (Å²) in [6.07, 6.45) is 0. The van der Waals surface area contributed by atoms with E-state index in [4.69, 9.17) is 0 Å². The topological polar surface area (TPSA) is 59.3 Å². The number of fused-ring (bicyclic) bond motifs is 1. The molecular formula is C16H16N4OS. The first kappa shape index (κ1) is 14.5. The lowest BCUT2D eigenvalue weighted by molar-refractivity contribution is 0.724. The summed E-state index contributed by atoms with van der Waals surface area (Å²) in [7, 11) is 0. The maximum Gasteiger partial charge on any atom is 0.262 e. The Kier molecular flexibility index (Phi) is 4.02. The van der Waals surface area contributed by atoms with Gasteiger partial charge in [-0.2, -0.15) is 5.10 Å². The lowest BCUT2D eigenvalue weighted by Gasteiger charge is -2.11. The quantitative estimate of drug-likeness (QED) is 0.594. The number of thiophene rings is 1. The lowest BCUT2D eigenvalue weighted by Crippen LogP contribution is -2.23. The number of aromatic nitrogens is 2. The summed E-state index contributed by atoms with van der Waals surface area (Å²) in [5.41, 5.74) is 4.41. The van der Waals surface area contributed by atoms with Gasteiger partial charge in [-0.25, -0.2) is 10.4 Å². The first-order chi connectivity index (χ1) is 10.7. The van der Waals surface area contributed by atoms with E-state index in [-0.39, 0.29) is 5.56 Å². The Hall–Kier alpha value is -2.47. The van der Waals surface area contributed by atoms with Gasteiger partial charge in [0.2, 0.25) is 5.95 Å². The van der Waals surface area contributed by atoms with Crippen molar-refractivity contribution < 1.29 is 0 Å². The van der Waals surface area contributed by atoms with Crippen LogP contribution < -0.4 is 11.0 Å². The second-order valence-electron chi connectivity index (χ2n) is 4.79. The number of hydrogen-bond donors (Lipinski definition) is 1. The molecule has 6 heteroatoms. The van der Waals surface area contributed by atoms with Crippen molar-refractivity contribution in [2.45, 2.75) is 20.4 Å². The number of nitrogens with one attached hydrogen (secondary N) is 1. The molecule has 0 fully saturated rings. The Morgan fingerprint density at radius 2 is 2.14 bits per heavy atom. The van der Waals surface area contributed by atoms with Gasteiger partial charge in [0.1, 0.15) is 0 Å². The molecule has 0 aliphatic heterocycles. The summed E-state index contributed by atoms with van der Waals surface area (Å²) in [5, 5.41) is 6.97. The number of hydrazone groups is 1. The first-order valence-electron chi connectivity index (χ1n) is 7.04. The van der Waals surface area contributed by atoms with Crippen molar-refractivity contribution >= 4 is 33.9 Å². The van der Waals surface area contributed by atoms with Gasteiger partial charge in [-0.05, 0) is 37.4 Å². The molecule has 3 aromatic rings. The van der Waals surface area contributed by atoms with E-state index in [1.807, 2.05) is 49.6 Å². The summed E-state index contributed by atoms with van der Waals surface area (Å²) in [4.78, 5) is 18.1. The third kappa shape index (κ3) is 2.65. The van der Waals surface area contributed by atoms with E-state index in [1.165, 1.54) is 0 Å². The van der Waals surface area contributed by atoms with Crippen molar-refractivity contribution in [2.75, 3.05) is 5.43 Å². The molecule has 0 atom stereocenters. The van der Waals surface area contributed by atoms with Gasteiger partial charge in [0.05, 0.1) is 16.6 Å². The van der Waals surface area contributed by atoms with Crippen LogP contribution in [0.1, 0.15) is 18.7 Å². The molecule has 2 heterocycles. The molecule has 0 bridgehead atoms. The standard InChI is InChI=1S/C16H16N4OS/c1-3-20-15(21)12-7-4-5-8-13(12)17-16(20)19-18-11(2)14-9-6-10-22-14/h4-10H,3H2,1-2H3,(H,17,19)/b18-11-. The van der Waals surface area contributed by atoms with Crippen LogP contribution in [-0.4, -0.2) is 15.3 Å². The van der Waals surface area contributed by atoms with Gasteiger partial charge in [0.15, 0.2) is 0 Å². The molecule has 0 spiro atoms. The molecule has 0 aliphatic carbocycles. The minimum Gasteiger partial charge on any atom is -0.277 e.